The molecule has 3 nitrogen and oxygen atoms in total. The highest BCUT2D eigenvalue weighted by Crippen LogP contribution is 2.25. The number of hydrogen-bond donors (Lipinski definition) is 1. The maximum Gasteiger partial charge on any atom is 0.332 e. The van der Waals surface area contributed by atoms with Gasteiger partial charge < -0.3 is 10.1 Å². The molecule has 2 rings (SSSR count). The summed E-state index contributed by atoms with van der Waals surface area (Å²) >= 11 is 5.88. The van der Waals surface area contributed by atoms with E-state index < -0.39 is 6.04 Å². The predicted octanol–water partition coefficient (Wildman–Crippen LogP) is 4.28. The number of benzene rings is 2. The molecular weight excluding hydrogens is 286 g/mol. The number of hydrogen-bond acceptors (Lipinski definition) is 3. The van der Waals surface area contributed by atoms with Crippen molar-refractivity contribution < 1.29 is 9.53 Å². The van der Waals surface area contributed by atoms with Gasteiger partial charge in [0, 0.05) is 10.7 Å². The lowest BCUT2D eigenvalue weighted by atomic mass is 9.99. The number of esters is 1. The molecule has 1 atom stereocenters. The van der Waals surface area contributed by atoms with E-state index in [1.54, 1.807) is 12.1 Å². The number of aryl methyl sites for hydroxylation is 2. The maximum atomic E-state index is 12.1. The van der Waals surface area contributed by atoms with Crippen LogP contribution in [0.2, 0.25) is 5.02 Å². The molecule has 0 aliphatic carbocycles. The molecule has 0 fully saturated rings. The second kappa shape index (κ2) is 6.64. The third kappa shape index (κ3) is 3.76. The van der Waals surface area contributed by atoms with Crippen LogP contribution < -0.4 is 5.32 Å². The summed E-state index contributed by atoms with van der Waals surface area (Å²) in [7, 11) is 1.39. The summed E-state index contributed by atoms with van der Waals surface area (Å²) in [5.41, 5.74) is 3.93. The minimum Gasteiger partial charge on any atom is -0.467 e. The van der Waals surface area contributed by atoms with Crippen LogP contribution in [0.4, 0.5) is 5.69 Å². The van der Waals surface area contributed by atoms with Gasteiger partial charge in [-0.25, -0.2) is 4.79 Å². The summed E-state index contributed by atoms with van der Waals surface area (Å²) in [6, 6.07) is 12.7. The molecule has 0 aliphatic heterocycles. The summed E-state index contributed by atoms with van der Waals surface area (Å²) in [5, 5.41) is 3.85. The standard InChI is InChI=1S/C17H18ClNO2/c1-11-4-9-15(12(2)10-11)16(17(20)21-3)19-14-7-5-13(18)6-8-14/h4-10,16,19H,1-3H3. The highest BCUT2D eigenvalue weighted by molar-refractivity contribution is 6.30. The zero-order valence-electron chi connectivity index (χ0n) is 12.3. The van der Waals surface area contributed by atoms with E-state index in [0.717, 1.165) is 22.4 Å². The number of methoxy groups -OCH3 is 1. The van der Waals surface area contributed by atoms with Gasteiger partial charge in [-0.2, -0.15) is 0 Å². The Kier molecular flexibility index (Phi) is 4.86. The third-order valence-electron chi connectivity index (χ3n) is 3.33. The summed E-state index contributed by atoms with van der Waals surface area (Å²) in [6.07, 6.45) is 0. The van der Waals surface area contributed by atoms with E-state index in [2.05, 4.69) is 11.4 Å². The van der Waals surface area contributed by atoms with Gasteiger partial charge in [0.1, 0.15) is 0 Å². The Morgan fingerprint density at radius 2 is 1.81 bits per heavy atom. The molecule has 0 bridgehead atoms. The van der Waals surface area contributed by atoms with Crippen molar-refractivity contribution in [3.05, 3.63) is 64.2 Å². The molecule has 0 heterocycles. The fraction of sp³-hybridized carbons (Fsp3) is 0.235. The van der Waals surface area contributed by atoms with Gasteiger partial charge in [-0.3, -0.25) is 0 Å². The van der Waals surface area contributed by atoms with Gasteiger partial charge in [-0.15, -0.1) is 0 Å². The van der Waals surface area contributed by atoms with E-state index in [-0.39, 0.29) is 5.97 Å². The second-order valence-corrected chi connectivity index (χ2v) is 5.40. The van der Waals surface area contributed by atoms with Crippen LogP contribution in [0.3, 0.4) is 0 Å². The van der Waals surface area contributed by atoms with E-state index in [1.807, 2.05) is 38.1 Å². The Morgan fingerprint density at radius 3 is 2.38 bits per heavy atom. The first-order valence-electron chi connectivity index (χ1n) is 6.68. The predicted molar refractivity (Wildman–Crippen MR) is 85.7 cm³/mol. The molecule has 0 aliphatic rings. The molecule has 0 saturated heterocycles. The zero-order chi connectivity index (χ0) is 15.4. The van der Waals surface area contributed by atoms with E-state index >= 15 is 0 Å². The molecule has 0 spiro atoms. The first-order chi connectivity index (χ1) is 10.0. The van der Waals surface area contributed by atoms with E-state index in [0.29, 0.717) is 5.02 Å². The maximum absolute atomic E-state index is 12.1. The molecule has 1 N–H and O–H groups in total. The molecule has 1 unspecified atom stereocenters. The first-order valence-corrected chi connectivity index (χ1v) is 7.06. The van der Waals surface area contributed by atoms with Crippen molar-refractivity contribution in [2.45, 2.75) is 19.9 Å². The lowest BCUT2D eigenvalue weighted by molar-refractivity contribution is -0.141. The molecule has 0 saturated carbocycles. The van der Waals surface area contributed by atoms with Crippen LogP contribution in [0, 0.1) is 13.8 Å². The van der Waals surface area contributed by atoms with Gasteiger partial charge in [0.2, 0.25) is 0 Å². The van der Waals surface area contributed by atoms with Crippen LogP contribution in [0.15, 0.2) is 42.5 Å². The molecule has 0 amide bonds. The SMILES string of the molecule is COC(=O)C(Nc1ccc(Cl)cc1)c1ccc(C)cc1C. The van der Waals surface area contributed by atoms with Crippen molar-refractivity contribution in [1.82, 2.24) is 0 Å². The zero-order valence-corrected chi connectivity index (χ0v) is 13.1. The molecule has 0 radical (unpaired) electrons. The van der Waals surface area contributed by atoms with Crippen LogP contribution in [-0.2, 0) is 9.53 Å². The largest absolute Gasteiger partial charge is 0.467 e. The Morgan fingerprint density at radius 1 is 1.14 bits per heavy atom. The fourth-order valence-corrected chi connectivity index (χ4v) is 2.37. The van der Waals surface area contributed by atoms with Gasteiger partial charge >= 0.3 is 5.97 Å². The van der Waals surface area contributed by atoms with Crippen LogP contribution in [0.1, 0.15) is 22.7 Å². The monoisotopic (exact) mass is 303 g/mol. The average molecular weight is 304 g/mol. The van der Waals surface area contributed by atoms with Crippen LogP contribution in [-0.4, -0.2) is 13.1 Å². The Bertz CT molecular complexity index is 638. The van der Waals surface area contributed by atoms with Crippen molar-refractivity contribution in [2.24, 2.45) is 0 Å². The van der Waals surface area contributed by atoms with Crippen molar-refractivity contribution in [1.29, 1.82) is 0 Å². The summed E-state index contributed by atoms with van der Waals surface area (Å²) in [5.74, 6) is -0.322. The lowest BCUT2D eigenvalue weighted by Gasteiger charge is -2.20. The summed E-state index contributed by atoms with van der Waals surface area (Å²) in [6.45, 7) is 4.01. The Balaban J connectivity index is 2.34. The summed E-state index contributed by atoms with van der Waals surface area (Å²) < 4.78 is 4.92. The van der Waals surface area contributed by atoms with Gasteiger partial charge in [0.25, 0.3) is 0 Å². The number of nitrogens with one attached hydrogen (secondary N) is 1. The second-order valence-electron chi connectivity index (χ2n) is 4.97. The van der Waals surface area contributed by atoms with Crippen molar-refractivity contribution in [3.63, 3.8) is 0 Å². The van der Waals surface area contributed by atoms with Gasteiger partial charge in [-0.05, 0) is 49.2 Å². The minimum absolute atomic E-state index is 0.322. The Hall–Kier alpha value is -2.00. The third-order valence-corrected chi connectivity index (χ3v) is 3.58. The van der Waals surface area contributed by atoms with Gasteiger partial charge in [-0.1, -0.05) is 35.4 Å². The molecule has 2 aromatic carbocycles. The lowest BCUT2D eigenvalue weighted by Crippen LogP contribution is -2.23. The quantitative estimate of drug-likeness (QED) is 0.857. The number of carbonyl (C=O) groups is 1. The highest BCUT2D eigenvalue weighted by atomic mass is 35.5. The minimum atomic E-state index is -0.545. The average Bonchev–Trinajstić information content (AvgIpc) is 2.47. The normalized spacial score (nSPS) is 11.8. The molecule has 21 heavy (non-hydrogen) atoms. The number of rotatable bonds is 4. The number of ether oxygens (including phenoxy) is 1. The number of anilines is 1. The number of carbonyl (C=O) groups excluding carboxylic acids is 1. The van der Waals surface area contributed by atoms with Crippen molar-refractivity contribution in [2.75, 3.05) is 12.4 Å². The smallest absolute Gasteiger partial charge is 0.332 e. The van der Waals surface area contributed by atoms with E-state index in [4.69, 9.17) is 16.3 Å². The van der Waals surface area contributed by atoms with Crippen LogP contribution >= 0.6 is 11.6 Å². The van der Waals surface area contributed by atoms with Gasteiger partial charge in [0.15, 0.2) is 6.04 Å². The topological polar surface area (TPSA) is 38.3 Å². The molecular formula is C17H18ClNO2. The molecule has 110 valence electrons. The summed E-state index contributed by atoms with van der Waals surface area (Å²) in [4.78, 5) is 12.1. The number of halogens is 1. The molecule has 0 aromatic heterocycles. The molecule has 4 heteroatoms. The van der Waals surface area contributed by atoms with E-state index in [1.165, 1.54) is 7.11 Å². The van der Waals surface area contributed by atoms with E-state index in [9.17, 15) is 4.79 Å². The Labute approximate surface area is 129 Å². The first kappa shape index (κ1) is 15.4. The van der Waals surface area contributed by atoms with Crippen LogP contribution in [0.5, 0.6) is 0 Å². The fourth-order valence-electron chi connectivity index (χ4n) is 2.24. The molecule has 2 aromatic rings. The van der Waals surface area contributed by atoms with Crippen molar-refractivity contribution >= 4 is 23.3 Å². The highest BCUT2D eigenvalue weighted by Gasteiger charge is 2.22. The van der Waals surface area contributed by atoms with Crippen molar-refractivity contribution in [3.8, 4) is 0 Å². The van der Waals surface area contributed by atoms with Gasteiger partial charge in [0.05, 0.1) is 7.11 Å². The van der Waals surface area contributed by atoms with Crippen LogP contribution in [0.25, 0.3) is 0 Å².